The van der Waals surface area contributed by atoms with E-state index in [1.807, 2.05) is 11.8 Å². The number of thioether (sulfide) groups is 1. The highest BCUT2D eigenvalue weighted by Crippen LogP contribution is 2.25. The molecule has 0 saturated heterocycles. The van der Waals surface area contributed by atoms with E-state index in [0.29, 0.717) is 5.25 Å². The van der Waals surface area contributed by atoms with Crippen LogP contribution < -0.4 is 0 Å². The molecule has 0 heterocycles. The van der Waals surface area contributed by atoms with E-state index in [2.05, 4.69) is 53.9 Å². The summed E-state index contributed by atoms with van der Waals surface area (Å²) >= 11 is 1.85. The molecule has 0 spiro atoms. The van der Waals surface area contributed by atoms with Crippen LogP contribution in [0.15, 0.2) is 35.3 Å². The van der Waals surface area contributed by atoms with Crippen molar-refractivity contribution >= 4 is 11.8 Å². The summed E-state index contributed by atoms with van der Waals surface area (Å²) < 4.78 is 0. The third kappa shape index (κ3) is 11.1. The zero-order chi connectivity index (χ0) is 14.8. The van der Waals surface area contributed by atoms with E-state index in [0.717, 1.165) is 12.3 Å². The van der Waals surface area contributed by atoms with Gasteiger partial charge in [0.25, 0.3) is 0 Å². The first kappa shape index (κ1) is 18.6. The smallest absolute Gasteiger partial charge is 0.0103 e. The maximum absolute atomic E-state index is 4.19. The molecule has 0 aromatic carbocycles. The molecule has 0 aliphatic carbocycles. The molecule has 19 heavy (non-hydrogen) atoms. The number of rotatable bonds is 10. The minimum Gasteiger partial charge on any atom is -0.128 e. The van der Waals surface area contributed by atoms with E-state index in [9.17, 15) is 0 Å². The van der Waals surface area contributed by atoms with Crippen LogP contribution in [0, 0.1) is 5.92 Å². The molecular weight excluding hydrogens is 248 g/mol. The summed E-state index contributed by atoms with van der Waals surface area (Å²) in [6, 6.07) is 0. The van der Waals surface area contributed by atoms with Gasteiger partial charge in [-0.05, 0) is 37.5 Å². The van der Waals surface area contributed by atoms with E-state index >= 15 is 0 Å². The molecular formula is C18H32S. The van der Waals surface area contributed by atoms with Crippen molar-refractivity contribution < 1.29 is 0 Å². The first-order chi connectivity index (χ1) is 8.85. The van der Waals surface area contributed by atoms with Gasteiger partial charge < -0.3 is 0 Å². The molecule has 2 atom stereocenters. The summed E-state index contributed by atoms with van der Waals surface area (Å²) in [5.74, 6) is 0.797. The van der Waals surface area contributed by atoms with Crippen molar-refractivity contribution in [1.82, 2.24) is 0 Å². The van der Waals surface area contributed by atoms with Gasteiger partial charge in [0.2, 0.25) is 0 Å². The van der Waals surface area contributed by atoms with E-state index in [4.69, 9.17) is 0 Å². The Morgan fingerprint density at radius 3 is 2.32 bits per heavy atom. The molecule has 0 aliphatic rings. The van der Waals surface area contributed by atoms with Crippen molar-refractivity contribution in [2.75, 3.05) is 0 Å². The van der Waals surface area contributed by atoms with Crippen molar-refractivity contribution in [3.05, 3.63) is 35.3 Å². The molecule has 110 valence electrons. The van der Waals surface area contributed by atoms with Gasteiger partial charge in [0.15, 0.2) is 0 Å². The van der Waals surface area contributed by atoms with Gasteiger partial charge >= 0.3 is 0 Å². The second-order valence-electron chi connectivity index (χ2n) is 5.94. The summed E-state index contributed by atoms with van der Waals surface area (Å²) in [5.41, 5.74) is 2.72. The lowest BCUT2D eigenvalue weighted by molar-refractivity contribution is 0.501. The molecule has 2 unspecified atom stereocenters. The molecule has 0 aliphatic heterocycles. The minimum absolute atomic E-state index is 0.576. The van der Waals surface area contributed by atoms with Gasteiger partial charge in [-0.3, -0.25) is 0 Å². The first-order valence-electron chi connectivity index (χ1n) is 7.52. The molecule has 0 N–H and O–H groups in total. The van der Waals surface area contributed by atoms with Crippen LogP contribution in [0.3, 0.4) is 0 Å². The van der Waals surface area contributed by atoms with Crippen molar-refractivity contribution in [3.63, 3.8) is 0 Å². The van der Waals surface area contributed by atoms with Gasteiger partial charge in [-0.2, -0.15) is 0 Å². The van der Waals surface area contributed by atoms with Crippen molar-refractivity contribution in [1.29, 1.82) is 0 Å². The third-order valence-electron chi connectivity index (χ3n) is 3.12. The molecule has 0 radical (unpaired) electrons. The fraction of sp³-hybridized carbons (Fsp3) is 0.667. The maximum Gasteiger partial charge on any atom is 0.0103 e. The Morgan fingerprint density at radius 1 is 1.16 bits per heavy atom. The molecule has 0 nitrogen and oxygen atoms in total. The number of hydrogen-bond donors (Lipinski definition) is 0. The van der Waals surface area contributed by atoms with Crippen LogP contribution in [0.2, 0.25) is 0 Å². The van der Waals surface area contributed by atoms with Crippen LogP contribution in [-0.2, 0) is 0 Å². The summed E-state index contributed by atoms with van der Waals surface area (Å²) in [6.45, 7) is 19.3. The SMILES string of the molecule is C=C(/C=C(/C)CC(C)CCCC)CC(C)SC(=C)C. The summed E-state index contributed by atoms with van der Waals surface area (Å²) in [5, 5.41) is 0.576. The maximum atomic E-state index is 4.19. The predicted molar refractivity (Wildman–Crippen MR) is 92.7 cm³/mol. The summed E-state index contributed by atoms with van der Waals surface area (Å²) in [4.78, 5) is 1.19. The fourth-order valence-electron chi connectivity index (χ4n) is 2.42. The highest BCUT2D eigenvalue weighted by atomic mass is 32.2. The average molecular weight is 281 g/mol. The molecule has 0 fully saturated rings. The lowest BCUT2D eigenvalue weighted by atomic mass is 9.95. The van der Waals surface area contributed by atoms with E-state index in [1.54, 1.807) is 0 Å². The van der Waals surface area contributed by atoms with Crippen LogP contribution in [-0.4, -0.2) is 5.25 Å². The van der Waals surface area contributed by atoms with Crippen molar-refractivity contribution in [3.8, 4) is 0 Å². The van der Waals surface area contributed by atoms with Crippen LogP contribution in [0.5, 0.6) is 0 Å². The largest absolute Gasteiger partial charge is 0.128 e. The lowest BCUT2D eigenvalue weighted by Gasteiger charge is -2.13. The average Bonchev–Trinajstić information content (AvgIpc) is 2.24. The zero-order valence-corrected chi connectivity index (χ0v) is 14.4. The quantitative estimate of drug-likeness (QED) is 0.399. The number of hydrogen-bond acceptors (Lipinski definition) is 1. The Kier molecular flexibility index (Phi) is 10.1. The van der Waals surface area contributed by atoms with E-state index in [1.165, 1.54) is 41.7 Å². The zero-order valence-electron chi connectivity index (χ0n) is 13.6. The standard InChI is InChI=1S/C18H32S/c1-8-9-10-15(4)11-16(5)12-17(6)13-18(7)19-14(2)3/h12,15,18H,2,6,8-11,13H2,1,3-5,7H3/b16-12-. The first-order valence-corrected chi connectivity index (χ1v) is 8.40. The van der Waals surface area contributed by atoms with Crippen molar-refractivity contribution in [2.24, 2.45) is 5.92 Å². The second-order valence-corrected chi connectivity index (χ2v) is 7.67. The van der Waals surface area contributed by atoms with Crippen LogP contribution in [0.25, 0.3) is 0 Å². The normalized spacial score (nSPS) is 15.1. The van der Waals surface area contributed by atoms with Gasteiger partial charge in [-0.25, -0.2) is 0 Å². The van der Waals surface area contributed by atoms with Gasteiger partial charge in [0.05, 0.1) is 0 Å². The summed E-state index contributed by atoms with van der Waals surface area (Å²) in [6.07, 6.45) is 8.55. The monoisotopic (exact) mass is 280 g/mol. The van der Waals surface area contributed by atoms with E-state index < -0.39 is 0 Å². The molecule has 0 saturated carbocycles. The Balaban J connectivity index is 4.12. The molecule has 0 aromatic rings. The fourth-order valence-corrected chi connectivity index (χ4v) is 3.41. The molecule has 0 aromatic heterocycles. The minimum atomic E-state index is 0.576. The molecule has 0 bridgehead atoms. The van der Waals surface area contributed by atoms with Gasteiger partial charge in [-0.15, -0.1) is 11.8 Å². The second kappa shape index (κ2) is 10.4. The number of allylic oxidation sites excluding steroid dienone is 4. The van der Waals surface area contributed by atoms with Gasteiger partial charge in [-0.1, -0.05) is 70.4 Å². The van der Waals surface area contributed by atoms with Gasteiger partial charge in [0, 0.05) is 5.25 Å². The predicted octanol–water partition coefficient (Wildman–Crippen LogP) is 6.75. The topological polar surface area (TPSA) is 0 Å². The lowest BCUT2D eigenvalue weighted by Crippen LogP contribution is -1.98. The van der Waals surface area contributed by atoms with Crippen molar-refractivity contribution in [2.45, 2.75) is 72.0 Å². The Labute approximate surface area is 125 Å². The Bertz CT molecular complexity index is 312. The Hall–Kier alpha value is -0.430. The Morgan fingerprint density at radius 2 is 1.79 bits per heavy atom. The highest BCUT2D eigenvalue weighted by molar-refractivity contribution is 8.03. The van der Waals surface area contributed by atoms with Crippen LogP contribution in [0.4, 0.5) is 0 Å². The number of unbranched alkanes of at least 4 members (excludes halogenated alkanes) is 1. The van der Waals surface area contributed by atoms with Crippen LogP contribution >= 0.6 is 11.8 Å². The van der Waals surface area contributed by atoms with E-state index in [-0.39, 0.29) is 0 Å². The molecule has 1 heteroatoms. The van der Waals surface area contributed by atoms with Gasteiger partial charge in [0.1, 0.15) is 0 Å². The third-order valence-corrected chi connectivity index (χ3v) is 4.09. The highest BCUT2D eigenvalue weighted by Gasteiger charge is 2.06. The molecule has 0 amide bonds. The summed E-state index contributed by atoms with van der Waals surface area (Å²) in [7, 11) is 0. The van der Waals surface area contributed by atoms with Crippen LogP contribution in [0.1, 0.15) is 66.7 Å². The molecule has 0 rings (SSSR count).